The number of carbonyl (C=O) groups is 1. The molecule has 12 heavy (non-hydrogen) atoms. The summed E-state index contributed by atoms with van der Waals surface area (Å²) < 4.78 is 0. The molecule has 0 saturated carbocycles. The maximum absolute atomic E-state index is 10.1. The van der Waals surface area contributed by atoms with Gasteiger partial charge in [0.15, 0.2) is 0 Å². The molecule has 62 valence electrons. The van der Waals surface area contributed by atoms with E-state index in [9.17, 15) is 4.79 Å². The number of nitrogens with two attached hydrogens (primary N) is 1. The molecule has 1 aromatic carbocycles. The molecule has 0 aliphatic rings. The van der Waals surface area contributed by atoms with Crippen LogP contribution in [0.3, 0.4) is 0 Å². The van der Waals surface area contributed by atoms with Crippen molar-refractivity contribution in [2.75, 3.05) is 0 Å². The SMILES string of the molecule is NCc1ccccc1C=CC=O. The van der Waals surface area contributed by atoms with Crippen LogP contribution in [0.25, 0.3) is 6.08 Å². The zero-order valence-corrected chi connectivity index (χ0v) is 6.73. The van der Waals surface area contributed by atoms with E-state index in [1.807, 2.05) is 24.3 Å². The van der Waals surface area contributed by atoms with Gasteiger partial charge in [0.25, 0.3) is 0 Å². The normalized spacial score (nSPS) is 10.4. The Hall–Kier alpha value is -1.41. The van der Waals surface area contributed by atoms with Crippen molar-refractivity contribution in [1.82, 2.24) is 0 Å². The summed E-state index contributed by atoms with van der Waals surface area (Å²) in [5, 5.41) is 0. The summed E-state index contributed by atoms with van der Waals surface area (Å²) in [4.78, 5) is 10.1. The van der Waals surface area contributed by atoms with Crippen LogP contribution in [0.5, 0.6) is 0 Å². The van der Waals surface area contributed by atoms with E-state index >= 15 is 0 Å². The first-order valence-corrected chi connectivity index (χ1v) is 3.78. The third kappa shape index (κ3) is 2.04. The first-order valence-electron chi connectivity index (χ1n) is 3.78. The van der Waals surface area contributed by atoms with Crippen molar-refractivity contribution < 1.29 is 4.79 Å². The highest BCUT2D eigenvalue weighted by atomic mass is 16.1. The zero-order chi connectivity index (χ0) is 8.81. The molecule has 0 heterocycles. The summed E-state index contributed by atoms with van der Waals surface area (Å²) in [5.74, 6) is 0. The monoisotopic (exact) mass is 161 g/mol. The molecule has 0 spiro atoms. The van der Waals surface area contributed by atoms with Gasteiger partial charge in [0.2, 0.25) is 0 Å². The summed E-state index contributed by atoms with van der Waals surface area (Å²) in [6.45, 7) is 0.499. The molecule has 0 fully saturated rings. The third-order valence-corrected chi connectivity index (χ3v) is 1.63. The van der Waals surface area contributed by atoms with E-state index in [0.29, 0.717) is 6.54 Å². The predicted molar refractivity (Wildman–Crippen MR) is 49.4 cm³/mol. The lowest BCUT2D eigenvalue weighted by molar-refractivity contribution is -0.104. The van der Waals surface area contributed by atoms with Crippen molar-refractivity contribution in [3.8, 4) is 0 Å². The molecule has 0 saturated heterocycles. The molecule has 0 amide bonds. The second kappa shape index (κ2) is 4.46. The van der Waals surface area contributed by atoms with Crippen LogP contribution in [-0.4, -0.2) is 6.29 Å². The smallest absolute Gasteiger partial charge is 0.142 e. The van der Waals surface area contributed by atoms with Crippen LogP contribution in [-0.2, 0) is 11.3 Å². The van der Waals surface area contributed by atoms with Gasteiger partial charge < -0.3 is 5.73 Å². The second-order valence-corrected chi connectivity index (χ2v) is 2.40. The second-order valence-electron chi connectivity index (χ2n) is 2.40. The number of hydrogen-bond acceptors (Lipinski definition) is 2. The molecule has 2 N–H and O–H groups in total. The highest BCUT2D eigenvalue weighted by Crippen LogP contribution is 2.08. The van der Waals surface area contributed by atoms with Gasteiger partial charge in [-0.3, -0.25) is 4.79 Å². The fourth-order valence-corrected chi connectivity index (χ4v) is 1.03. The topological polar surface area (TPSA) is 43.1 Å². The van der Waals surface area contributed by atoms with Gasteiger partial charge in [-0.25, -0.2) is 0 Å². The number of aldehydes is 1. The van der Waals surface area contributed by atoms with Crippen LogP contribution in [0.2, 0.25) is 0 Å². The lowest BCUT2D eigenvalue weighted by atomic mass is 10.1. The molecule has 0 bridgehead atoms. The number of carbonyl (C=O) groups excluding carboxylic acids is 1. The van der Waals surface area contributed by atoms with Crippen molar-refractivity contribution in [2.45, 2.75) is 6.54 Å². The molecule has 0 aliphatic heterocycles. The molecule has 2 nitrogen and oxygen atoms in total. The van der Waals surface area contributed by atoms with E-state index in [-0.39, 0.29) is 0 Å². The zero-order valence-electron chi connectivity index (χ0n) is 6.73. The van der Waals surface area contributed by atoms with E-state index in [4.69, 9.17) is 5.73 Å². The largest absolute Gasteiger partial charge is 0.326 e. The molecule has 0 atom stereocenters. The van der Waals surface area contributed by atoms with E-state index in [0.717, 1.165) is 17.4 Å². The van der Waals surface area contributed by atoms with E-state index in [1.54, 1.807) is 6.08 Å². The van der Waals surface area contributed by atoms with Crippen LogP contribution in [0.1, 0.15) is 11.1 Å². The average molecular weight is 161 g/mol. The van der Waals surface area contributed by atoms with Crippen LogP contribution in [0.4, 0.5) is 0 Å². The summed E-state index contributed by atoms with van der Waals surface area (Å²) in [5.41, 5.74) is 7.56. The van der Waals surface area contributed by atoms with E-state index in [2.05, 4.69) is 0 Å². The summed E-state index contributed by atoms with van der Waals surface area (Å²) >= 11 is 0. The molecular formula is C10H11NO. The molecule has 2 heteroatoms. The van der Waals surface area contributed by atoms with Crippen molar-refractivity contribution >= 4 is 12.4 Å². The Morgan fingerprint density at radius 1 is 1.33 bits per heavy atom. The minimum atomic E-state index is 0.499. The van der Waals surface area contributed by atoms with Crippen molar-refractivity contribution in [3.63, 3.8) is 0 Å². The highest BCUT2D eigenvalue weighted by Gasteiger charge is 1.93. The lowest BCUT2D eigenvalue weighted by Gasteiger charge is -2.00. The fourth-order valence-electron chi connectivity index (χ4n) is 1.03. The van der Waals surface area contributed by atoms with Crippen molar-refractivity contribution in [2.24, 2.45) is 5.73 Å². The fraction of sp³-hybridized carbons (Fsp3) is 0.100. The van der Waals surface area contributed by atoms with Gasteiger partial charge in [-0.2, -0.15) is 0 Å². The Labute approximate surface area is 71.7 Å². The third-order valence-electron chi connectivity index (χ3n) is 1.63. The van der Waals surface area contributed by atoms with Crippen molar-refractivity contribution in [1.29, 1.82) is 0 Å². The highest BCUT2D eigenvalue weighted by molar-refractivity contribution is 5.74. The van der Waals surface area contributed by atoms with E-state index < -0.39 is 0 Å². The lowest BCUT2D eigenvalue weighted by Crippen LogP contribution is -1.98. The summed E-state index contributed by atoms with van der Waals surface area (Å²) in [6.07, 6.45) is 3.98. The van der Waals surface area contributed by atoms with Gasteiger partial charge in [-0.1, -0.05) is 30.3 Å². The molecule has 0 aromatic heterocycles. The first kappa shape index (κ1) is 8.68. The Balaban J connectivity index is 2.96. The number of allylic oxidation sites excluding steroid dienone is 1. The van der Waals surface area contributed by atoms with Gasteiger partial charge in [0.05, 0.1) is 0 Å². The Morgan fingerprint density at radius 2 is 2.08 bits per heavy atom. The minimum absolute atomic E-state index is 0.499. The van der Waals surface area contributed by atoms with Gasteiger partial charge in [-0.15, -0.1) is 0 Å². The van der Waals surface area contributed by atoms with Crippen molar-refractivity contribution in [3.05, 3.63) is 41.5 Å². The molecule has 0 radical (unpaired) electrons. The van der Waals surface area contributed by atoms with Gasteiger partial charge in [-0.05, 0) is 17.2 Å². The maximum atomic E-state index is 10.1. The molecular weight excluding hydrogens is 150 g/mol. The Bertz CT molecular complexity index is 292. The Morgan fingerprint density at radius 3 is 2.75 bits per heavy atom. The Kier molecular flexibility index (Phi) is 3.23. The standard InChI is InChI=1S/C10H11NO/c11-8-10-5-2-1-4-9(10)6-3-7-12/h1-7H,8,11H2. The molecule has 0 aliphatic carbocycles. The predicted octanol–water partition coefficient (Wildman–Crippen LogP) is 1.36. The van der Waals surface area contributed by atoms with Gasteiger partial charge >= 0.3 is 0 Å². The number of benzene rings is 1. The van der Waals surface area contributed by atoms with Gasteiger partial charge in [0.1, 0.15) is 6.29 Å². The van der Waals surface area contributed by atoms with Crippen LogP contribution in [0, 0.1) is 0 Å². The molecule has 1 rings (SSSR count). The average Bonchev–Trinajstić information content (AvgIpc) is 2.15. The summed E-state index contributed by atoms with van der Waals surface area (Å²) in [7, 11) is 0. The molecule has 1 aromatic rings. The number of hydrogen-bond donors (Lipinski definition) is 1. The quantitative estimate of drug-likeness (QED) is 0.537. The van der Waals surface area contributed by atoms with E-state index in [1.165, 1.54) is 6.08 Å². The van der Waals surface area contributed by atoms with Gasteiger partial charge in [0, 0.05) is 6.54 Å². The minimum Gasteiger partial charge on any atom is -0.326 e. The summed E-state index contributed by atoms with van der Waals surface area (Å²) in [6, 6.07) is 7.73. The van der Waals surface area contributed by atoms with Crippen LogP contribution >= 0.6 is 0 Å². The van der Waals surface area contributed by atoms with Crippen LogP contribution < -0.4 is 5.73 Å². The maximum Gasteiger partial charge on any atom is 0.142 e. The first-order chi connectivity index (χ1) is 5.88. The number of rotatable bonds is 3. The molecule has 0 unspecified atom stereocenters. The van der Waals surface area contributed by atoms with Crippen LogP contribution in [0.15, 0.2) is 30.3 Å².